The molecule has 0 aliphatic carbocycles. The molecule has 0 fully saturated rings. The van der Waals surface area contributed by atoms with Gasteiger partial charge in [0.25, 0.3) is 5.91 Å². The highest BCUT2D eigenvalue weighted by Gasteiger charge is 2.14. The predicted molar refractivity (Wildman–Crippen MR) is 92.0 cm³/mol. The van der Waals surface area contributed by atoms with Gasteiger partial charge in [0, 0.05) is 21.3 Å². The van der Waals surface area contributed by atoms with Crippen molar-refractivity contribution in [3.05, 3.63) is 63.6 Å². The van der Waals surface area contributed by atoms with Crippen molar-refractivity contribution < 1.29 is 9.59 Å². The van der Waals surface area contributed by atoms with Crippen molar-refractivity contribution in [1.82, 2.24) is 5.32 Å². The highest BCUT2D eigenvalue weighted by Crippen LogP contribution is 2.26. The van der Waals surface area contributed by atoms with Crippen LogP contribution in [0, 0.1) is 0 Å². The molecule has 7 heteroatoms. The summed E-state index contributed by atoms with van der Waals surface area (Å²) in [7, 11) is 0. The number of hydrogen-bond donors (Lipinski definition) is 3. The standard InChI is InChI=1S/C16H15Cl2N3O2/c1-9(13-7-4-11(17)8-14(13)18)20-15(22)10-2-5-12(6-3-10)21-16(19)23/h2-9H,1H3,(H,20,22)(H3,19,21,23)/t9-/m0/s1. The first-order valence-corrected chi connectivity index (χ1v) is 7.54. The average Bonchev–Trinajstić information content (AvgIpc) is 2.47. The van der Waals surface area contributed by atoms with Crippen molar-refractivity contribution in [3.8, 4) is 0 Å². The molecule has 0 unspecified atom stereocenters. The van der Waals surface area contributed by atoms with E-state index in [1.54, 1.807) is 42.5 Å². The number of benzene rings is 2. The van der Waals surface area contributed by atoms with E-state index in [9.17, 15) is 9.59 Å². The zero-order chi connectivity index (χ0) is 17.0. The number of nitrogens with two attached hydrogens (primary N) is 1. The highest BCUT2D eigenvalue weighted by molar-refractivity contribution is 6.35. The van der Waals surface area contributed by atoms with Crippen LogP contribution in [0.15, 0.2) is 42.5 Å². The van der Waals surface area contributed by atoms with Crippen molar-refractivity contribution in [2.75, 3.05) is 5.32 Å². The Kier molecular flexibility index (Phi) is 5.47. The van der Waals surface area contributed by atoms with Crippen molar-refractivity contribution in [3.63, 3.8) is 0 Å². The van der Waals surface area contributed by atoms with Gasteiger partial charge >= 0.3 is 6.03 Å². The second kappa shape index (κ2) is 7.35. The lowest BCUT2D eigenvalue weighted by molar-refractivity contribution is 0.0940. The van der Waals surface area contributed by atoms with E-state index in [0.29, 0.717) is 21.3 Å². The second-order valence-electron chi connectivity index (χ2n) is 4.93. The number of carbonyl (C=O) groups is 2. The van der Waals surface area contributed by atoms with Gasteiger partial charge in [-0.1, -0.05) is 29.3 Å². The zero-order valence-corrected chi connectivity index (χ0v) is 13.8. The molecule has 4 N–H and O–H groups in total. The lowest BCUT2D eigenvalue weighted by Gasteiger charge is -2.16. The summed E-state index contributed by atoms with van der Waals surface area (Å²) in [6.45, 7) is 1.83. The van der Waals surface area contributed by atoms with Gasteiger partial charge in [-0.2, -0.15) is 0 Å². The number of primary amides is 1. The van der Waals surface area contributed by atoms with E-state index in [2.05, 4.69) is 10.6 Å². The second-order valence-corrected chi connectivity index (χ2v) is 5.77. The van der Waals surface area contributed by atoms with E-state index in [0.717, 1.165) is 5.56 Å². The number of halogens is 2. The molecule has 0 saturated carbocycles. The SMILES string of the molecule is C[C@H](NC(=O)c1ccc(NC(N)=O)cc1)c1ccc(Cl)cc1Cl. The molecule has 5 nitrogen and oxygen atoms in total. The van der Waals surface area contributed by atoms with Crippen molar-refractivity contribution in [2.24, 2.45) is 5.73 Å². The summed E-state index contributed by atoms with van der Waals surface area (Å²) in [5, 5.41) is 6.31. The van der Waals surface area contributed by atoms with E-state index >= 15 is 0 Å². The van der Waals surface area contributed by atoms with Crippen molar-refractivity contribution >= 4 is 40.8 Å². The van der Waals surface area contributed by atoms with Crippen LogP contribution in [0.5, 0.6) is 0 Å². The number of hydrogen-bond acceptors (Lipinski definition) is 2. The molecule has 0 spiro atoms. The highest BCUT2D eigenvalue weighted by atomic mass is 35.5. The summed E-state index contributed by atoms with van der Waals surface area (Å²) in [4.78, 5) is 23.0. The third kappa shape index (κ3) is 4.61. The van der Waals surface area contributed by atoms with Crippen LogP contribution in [-0.4, -0.2) is 11.9 Å². The number of carbonyl (C=O) groups excluding carboxylic acids is 2. The van der Waals surface area contributed by atoms with E-state index in [-0.39, 0.29) is 11.9 Å². The molecule has 120 valence electrons. The topological polar surface area (TPSA) is 84.2 Å². The molecule has 0 aromatic heterocycles. The van der Waals surface area contributed by atoms with Gasteiger partial charge in [0.1, 0.15) is 0 Å². The Hall–Kier alpha value is -2.24. The summed E-state index contributed by atoms with van der Waals surface area (Å²) in [6, 6.07) is 10.6. The molecule has 2 aromatic carbocycles. The van der Waals surface area contributed by atoms with Crippen LogP contribution in [-0.2, 0) is 0 Å². The van der Waals surface area contributed by atoms with Gasteiger partial charge in [-0.05, 0) is 48.9 Å². The van der Waals surface area contributed by atoms with Crippen molar-refractivity contribution in [1.29, 1.82) is 0 Å². The first kappa shape index (κ1) is 17.1. The minimum Gasteiger partial charge on any atom is -0.351 e. The Balaban J connectivity index is 2.07. The number of anilines is 1. The van der Waals surface area contributed by atoms with Gasteiger partial charge in [-0.25, -0.2) is 4.79 Å². The molecule has 0 aliphatic heterocycles. The average molecular weight is 352 g/mol. The van der Waals surface area contributed by atoms with E-state index in [1.165, 1.54) is 0 Å². The molecule has 0 bridgehead atoms. The molecule has 0 saturated heterocycles. The normalized spacial score (nSPS) is 11.6. The smallest absolute Gasteiger partial charge is 0.316 e. The largest absolute Gasteiger partial charge is 0.351 e. The molecule has 3 amide bonds. The Morgan fingerprint density at radius 1 is 1.09 bits per heavy atom. The van der Waals surface area contributed by atoms with Gasteiger partial charge in [-0.15, -0.1) is 0 Å². The maximum Gasteiger partial charge on any atom is 0.316 e. The van der Waals surface area contributed by atoms with Crippen molar-refractivity contribution in [2.45, 2.75) is 13.0 Å². The van der Waals surface area contributed by atoms with Gasteiger partial charge in [0.15, 0.2) is 0 Å². The van der Waals surface area contributed by atoms with Crippen LogP contribution in [0.1, 0.15) is 28.9 Å². The van der Waals surface area contributed by atoms with Crippen LogP contribution in [0.3, 0.4) is 0 Å². The molecule has 23 heavy (non-hydrogen) atoms. The van der Waals surface area contributed by atoms with Gasteiger partial charge < -0.3 is 16.4 Å². The monoisotopic (exact) mass is 351 g/mol. The fourth-order valence-electron chi connectivity index (χ4n) is 2.06. The maximum absolute atomic E-state index is 12.2. The summed E-state index contributed by atoms with van der Waals surface area (Å²) in [5.74, 6) is -0.255. The molecule has 1 atom stereocenters. The number of rotatable bonds is 4. The van der Waals surface area contributed by atoms with Crippen LogP contribution in [0.25, 0.3) is 0 Å². The summed E-state index contributed by atoms with van der Waals surface area (Å²) >= 11 is 12.0. The Labute approximate surface area is 143 Å². The third-order valence-electron chi connectivity index (χ3n) is 3.19. The minimum absolute atomic E-state index is 0.255. The van der Waals surface area contributed by atoms with E-state index in [1.807, 2.05) is 6.92 Å². The fraction of sp³-hybridized carbons (Fsp3) is 0.125. The quantitative estimate of drug-likeness (QED) is 0.778. The Morgan fingerprint density at radius 3 is 2.30 bits per heavy atom. The Bertz CT molecular complexity index is 733. The lowest BCUT2D eigenvalue weighted by atomic mass is 10.1. The lowest BCUT2D eigenvalue weighted by Crippen LogP contribution is -2.26. The summed E-state index contributed by atoms with van der Waals surface area (Å²) in [6.07, 6.45) is 0. The van der Waals surface area contributed by atoms with Crippen LogP contribution in [0.4, 0.5) is 10.5 Å². The minimum atomic E-state index is -0.659. The zero-order valence-electron chi connectivity index (χ0n) is 12.3. The van der Waals surface area contributed by atoms with Gasteiger partial charge in [0.2, 0.25) is 0 Å². The molecule has 0 aliphatic rings. The van der Waals surface area contributed by atoms with Crippen LogP contribution in [0.2, 0.25) is 10.0 Å². The van der Waals surface area contributed by atoms with Gasteiger partial charge in [-0.3, -0.25) is 4.79 Å². The number of amides is 3. The molecular weight excluding hydrogens is 337 g/mol. The first-order valence-electron chi connectivity index (χ1n) is 6.79. The molecule has 0 heterocycles. The van der Waals surface area contributed by atoms with E-state index < -0.39 is 6.03 Å². The first-order chi connectivity index (χ1) is 10.9. The van der Waals surface area contributed by atoms with Crippen LogP contribution >= 0.6 is 23.2 Å². The predicted octanol–water partition coefficient (Wildman–Crippen LogP) is 3.98. The van der Waals surface area contributed by atoms with Gasteiger partial charge in [0.05, 0.1) is 6.04 Å². The van der Waals surface area contributed by atoms with Crippen LogP contribution < -0.4 is 16.4 Å². The Morgan fingerprint density at radius 2 is 1.74 bits per heavy atom. The number of nitrogens with one attached hydrogen (secondary N) is 2. The van der Waals surface area contributed by atoms with E-state index in [4.69, 9.17) is 28.9 Å². The molecule has 0 radical (unpaired) electrons. The molecule has 2 rings (SSSR count). The molecule has 2 aromatic rings. The number of urea groups is 1. The maximum atomic E-state index is 12.2. The fourth-order valence-corrected chi connectivity index (χ4v) is 2.63. The third-order valence-corrected chi connectivity index (χ3v) is 3.75. The summed E-state index contributed by atoms with van der Waals surface area (Å²) < 4.78 is 0. The molecular formula is C16H15Cl2N3O2. The summed E-state index contributed by atoms with van der Waals surface area (Å²) in [5.41, 5.74) is 6.77.